The molecule has 0 amide bonds. The van der Waals surface area contributed by atoms with Gasteiger partial charge in [0.1, 0.15) is 5.69 Å². The number of rotatable bonds is 2. The first-order valence-electron chi connectivity index (χ1n) is 5.31. The highest BCUT2D eigenvalue weighted by atomic mass is 16.3. The number of azo groups is 1. The Balaban J connectivity index is 2.49. The summed E-state index contributed by atoms with van der Waals surface area (Å²) in [7, 11) is 0. The molecule has 2 rings (SSSR count). The van der Waals surface area contributed by atoms with Crippen LogP contribution in [0.1, 0.15) is 0 Å². The standard InChI is InChI=1S/C12H10N2O6/c15-6-3-1-2-5(10(6)18)13-14-9-11(19)7(16)4-8(17)12(9)20/h1-4,15-20H. The van der Waals surface area contributed by atoms with E-state index < -0.39 is 40.2 Å². The van der Waals surface area contributed by atoms with Crippen LogP contribution >= 0.6 is 0 Å². The largest absolute Gasteiger partial charge is 0.504 e. The van der Waals surface area contributed by atoms with Crippen LogP contribution in [0.15, 0.2) is 34.5 Å². The van der Waals surface area contributed by atoms with E-state index in [1.54, 1.807) is 0 Å². The molecule has 0 fully saturated rings. The maximum Gasteiger partial charge on any atom is 0.189 e. The number of benzene rings is 2. The third-order valence-electron chi connectivity index (χ3n) is 2.46. The smallest absolute Gasteiger partial charge is 0.189 e. The second-order valence-corrected chi connectivity index (χ2v) is 3.81. The number of aromatic hydroxyl groups is 6. The van der Waals surface area contributed by atoms with Crippen molar-refractivity contribution in [2.45, 2.75) is 0 Å². The lowest BCUT2D eigenvalue weighted by Crippen LogP contribution is -1.75. The zero-order valence-corrected chi connectivity index (χ0v) is 9.89. The summed E-state index contributed by atoms with van der Waals surface area (Å²) in [5.74, 6) is -3.94. The fourth-order valence-electron chi connectivity index (χ4n) is 1.42. The maximum atomic E-state index is 9.52. The third-order valence-corrected chi connectivity index (χ3v) is 2.46. The first-order chi connectivity index (χ1) is 9.41. The van der Waals surface area contributed by atoms with E-state index in [0.717, 1.165) is 6.07 Å². The molecule has 8 nitrogen and oxygen atoms in total. The van der Waals surface area contributed by atoms with Crippen LogP contribution in [-0.4, -0.2) is 30.6 Å². The van der Waals surface area contributed by atoms with E-state index >= 15 is 0 Å². The van der Waals surface area contributed by atoms with Gasteiger partial charge in [-0.05, 0) is 12.1 Å². The van der Waals surface area contributed by atoms with Gasteiger partial charge in [-0.2, -0.15) is 0 Å². The van der Waals surface area contributed by atoms with Crippen molar-refractivity contribution >= 4 is 11.4 Å². The Kier molecular flexibility index (Phi) is 3.21. The van der Waals surface area contributed by atoms with Crippen molar-refractivity contribution in [2.24, 2.45) is 10.2 Å². The zero-order chi connectivity index (χ0) is 14.9. The van der Waals surface area contributed by atoms with Crippen molar-refractivity contribution in [1.29, 1.82) is 0 Å². The molecule has 0 aromatic heterocycles. The lowest BCUT2D eigenvalue weighted by molar-refractivity contribution is 0.374. The van der Waals surface area contributed by atoms with Gasteiger partial charge in [0, 0.05) is 6.07 Å². The zero-order valence-electron chi connectivity index (χ0n) is 9.89. The third kappa shape index (κ3) is 2.21. The van der Waals surface area contributed by atoms with Crippen molar-refractivity contribution < 1.29 is 30.6 Å². The summed E-state index contributed by atoms with van der Waals surface area (Å²) in [6.45, 7) is 0. The summed E-state index contributed by atoms with van der Waals surface area (Å²) < 4.78 is 0. The summed E-state index contributed by atoms with van der Waals surface area (Å²) in [5, 5.41) is 63.3. The highest BCUT2D eigenvalue weighted by molar-refractivity contribution is 5.71. The topological polar surface area (TPSA) is 146 Å². The molecule has 0 aliphatic rings. The molecular formula is C12H10N2O6. The number of hydrogen-bond donors (Lipinski definition) is 6. The molecule has 0 aliphatic carbocycles. The van der Waals surface area contributed by atoms with Crippen LogP contribution in [0.4, 0.5) is 11.4 Å². The molecule has 0 heterocycles. The molecule has 0 aliphatic heterocycles. The van der Waals surface area contributed by atoms with Gasteiger partial charge in [-0.3, -0.25) is 0 Å². The monoisotopic (exact) mass is 278 g/mol. The SMILES string of the molecule is Oc1cccc(N=Nc2c(O)c(O)cc(O)c2O)c1O. The van der Waals surface area contributed by atoms with Crippen LogP contribution in [0, 0.1) is 0 Å². The van der Waals surface area contributed by atoms with E-state index in [4.69, 9.17) is 0 Å². The number of nitrogens with zero attached hydrogens (tertiary/aromatic N) is 2. The van der Waals surface area contributed by atoms with E-state index in [1.807, 2.05) is 0 Å². The molecule has 2 aromatic rings. The van der Waals surface area contributed by atoms with Gasteiger partial charge in [0.25, 0.3) is 0 Å². The number of hydrogen-bond acceptors (Lipinski definition) is 8. The minimum absolute atomic E-state index is 0.133. The summed E-state index contributed by atoms with van der Waals surface area (Å²) in [6.07, 6.45) is 0. The van der Waals surface area contributed by atoms with E-state index in [-0.39, 0.29) is 5.69 Å². The van der Waals surface area contributed by atoms with Gasteiger partial charge in [-0.25, -0.2) is 0 Å². The summed E-state index contributed by atoms with van der Waals surface area (Å²) in [4.78, 5) is 0. The molecule has 0 saturated heterocycles. The Morgan fingerprint density at radius 3 is 1.85 bits per heavy atom. The van der Waals surface area contributed by atoms with E-state index in [2.05, 4.69) is 10.2 Å². The lowest BCUT2D eigenvalue weighted by Gasteiger charge is -2.05. The van der Waals surface area contributed by atoms with Gasteiger partial charge in [0.05, 0.1) is 0 Å². The minimum Gasteiger partial charge on any atom is -0.504 e. The summed E-state index contributed by atoms with van der Waals surface area (Å²) in [5.41, 5.74) is -0.711. The normalized spacial score (nSPS) is 11.0. The lowest BCUT2D eigenvalue weighted by atomic mass is 10.2. The summed E-state index contributed by atoms with van der Waals surface area (Å²) in [6, 6.07) is 4.66. The van der Waals surface area contributed by atoms with E-state index in [1.165, 1.54) is 18.2 Å². The summed E-state index contributed by atoms with van der Waals surface area (Å²) >= 11 is 0. The second-order valence-electron chi connectivity index (χ2n) is 3.81. The Hall–Kier alpha value is -3.16. The average Bonchev–Trinajstić information content (AvgIpc) is 2.41. The van der Waals surface area contributed by atoms with Gasteiger partial charge in [-0.1, -0.05) is 6.07 Å². The maximum absolute atomic E-state index is 9.52. The molecule has 6 N–H and O–H groups in total. The average molecular weight is 278 g/mol. The van der Waals surface area contributed by atoms with Crippen LogP contribution in [-0.2, 0) is 0 Å². The molecule has 8 heteroatoms. The quantitative estimate of drug-likeness (QED) is 0.282. The van der Waals surface area contributed by atoms with Crippen molar-refractivity contribution in [1.82, 2.24) is 0 Å². The molecular weight excluding hydrogens is 268 g/mol. The van der Waals surface area contributed by atoms with E-state index in [0.29, 0.717) is 0 Å². The van der Waals surface area contributed by atoms with Crippen molar-refractivity contribution in [3.8, 4) is 34.5 Å². The Bertz CT molecular complexity index is 673. The molecule has 0 radical (unpaired) electrons. The number of para-hydroxylation sites is 1. The number of phenols is 6. The van der Waals surface area contributed by atoms with E-state index in [9.17, 15) is 30.6 Å². The van der Waals surface area contributed by atoms with Gasteiger partial charge < -0.3 is 30.6 Å². The fourth-order valence-corrected chi connectivity index (χ4v) is 1.42. The highest BCUT2D eigenvalue weighted by Crippen LogP contribution is 2.48. The molecule has 0 spiro atoms. The Labute approximate surface area is 112 Å². The fraction of sp³-hybridized carbons (Fsp3) is 0. The second kappa shape index (κ2) is 4.84. The predicted octanol–water partition coefficient (Wildman–Crippen LogP) is 2.34. The molecule has 2 aromatic carbocycles. The molecule has 20 heavy (non-hydrogen) atoms. The Morgan fingerprint density at radius 1 is 0.650 bits per heavy atom. The van der Waals surface area contributed by atoms with Crippen LogP contribution in [0.5, 0.6) is 34.5 Å². The molecule has 0 saturated carbocycles. The molecule has 0 atom stereocenters. The van der Waals surface area contributed by atoms with Gasteiger partial charge in [0.15, 0.2) is 40.2 Å². The van der Waals surface area contributed by atoms with Gasteiger partial charge >= 0.3 is 0 Å². The number of phenolic OH excluding ortho intramolecular Hbond substituents is 6. The van der Waals surface area contributed by atoms with Gasteiger partial charge in [0.2, 0.25) is 0 Å². The first-order valence-corrected chi connectivity index (χ1v) is 5.31. The highest BCUT2D eigenvalue weighted by Gasteiger charge is 2.17. The molecule has 0 bridgehead atoms. The van der Waals surface area contributed by atoms with Crippen LogP contribution in [0.3, 0.4) is 0 Å². The van der Waals surface area contributed by atoms with Crippen LogP contribution in [0.25, 0.3) is 0 Å². The van der Waals surface area contributed by atoms with Crippen molar-refractivity contribution in [3.63, 3.8) is 0 Å². The van der Waals surface area contributed by atoms with Crippen LogP contribution < -0.4 is 0 Å². The Morgan fingerprint density at radius 2 is 1.25 bits per heavy atom. The van der Waals surface area contributed by atoms with Crippen molar-refractivity contribution in [2.75, 3.05) is 0 Å². The van der Waals surface area contributed by atoms with Crippen LogP contribution in [0.2, 0.25) is 0 Å². The first kappa shape index (κ1) is 13.3. The van der Waals surface area contributed by atoms with Crippen molar-refractivity contribution in [3.05, 3.63) is 24.3 Å². The molecule has 104 valence electrons. The molecule has 0 unspecified atom stereocenters. The minimum atomic E-state index is -0.788. The predicted molar refractivity (Wildman–Crippen MR) is 67.0 cm³/mol. The van der Waals surface area contributed by atoms with Gasteiger partial charge in [-0.15, -0.1) is 10.2 Å².